The highest BCUT2D eigenvalue weighted by Gasteiger charge is 2.19. The molecule has 0 spiro atoms. The number of hydrogen-bond acceptors (Lipinski definition) is 5. The molecule has 0 heterocycles. The van der Waals surface area contributed by atoms with E-state index >= 15 is 0 Å². The summed E-state index contributed by atoms with van der Waals surface area (Å²) < 4.78 is 4.77. The Balaban J connectivity index is 4.29. The number of carbonyl (C=O) groups is 1. The van der Waals surface area contributed by atoms with Crippen molar-refractivity contribution in [3.05, 3.63) is 11.6 Å². The van der Waals surface area contributed by atoms with Crippen LogP contribution in [0.25, 0.3) is 0 Å². The Kier molecular flexibility index (Phi) is 6.25. The van der Waals surface area contributed by atoms with Gasteiger partial charge in [0.25, 0.3) is 0 Å². The average molecular weight is 232 g/mol. The Labute approximate surface area is 95.4 Å². The van der Waals surface area contributed by atoms with Gasteiger partial charge in [-0.15, -0.1) is 0 Å². The Morgan fingerprint density at radius 2 is 2.00 bits per heavy atom. The first kappa shape index (κ1) is 15.1. The van der Waals surface area contributed by atoms with E-state index < -0.39 is 17.9 Å². The monoisotopic (exact) mass is 232 g/mol. The standard InChI is InChI=1S/C11H20O5/c1-4-9(12)7-16-10(13)8(3)6-11(14,15)5-2/h6,9,12,14-15H,4-5,7H2,1-3H3/b8-6+. The molecule has 0 radical (unpaired) electrons. The second-order valence-corrected chi connectivity index (χ2v) is 3.72. The second kappa shape index (κ2) is 6.62. The van der Waals surface area contributed by atoms with Gasteiger partial charge in [-0.3, -0.25) is 0 Å². The average Bonchev–Trinajstić information content (AvgIpc) is 2.24. The maximum Gasteiger partial charge on any atom is 0.333 e. The summed E-state index contributed by atoms with van der Waals surface area (Å²) in [6, 6.07) is 0. The van der Waals surface area contributed by atoms with Crippen molar-refractivity contribution in [1.29, 1.82) is 0 Å². The van der Waals surface area contributed by atoms with E-state index in [0.717, 1.165) is 6.08 Å². The molecule has 0 saturated heterocycles. The van der Waals surface area contributed by atoms with Gasteiger partial charge < -0.3 is 20.1 Å². The van der Waals surface area contributed by atoms with Crippen LogP contribution in [0.4, 0.5) is 0 Å². The first-order chi connectivity index (χ1) is 7.32. The van der Waals surface area contributed by atoms with Gasteiger partial charge in [-0.1, -0.05) is 13.8 Å². The molecule has 0 saturated carbocycles. The Morgan fingerprint density at radius 1 is 1.44 bits per heavy atom. The van der Waals surface area contributed by atoms with Crippen LogP contribution in [0.15, 0.2) is 11.6 Å². The van der Waals surface area contributed by atoms with E-state index in [1.54, 1.807) is 13.8 Å². The van der Waals surface area contributed by atoms with E-state index in [2.05, 4.69) is 0 Å². The lowest BCUT2D eigenvalue weighted by Crippen LogP contribution is -2.26. The van der Waals surface area contributed by atoms with Gasteiger partial charge in [0, 0.05) is 12.0 Å². The molecule has 0 fully saturated rings. The maximum atomic E-state index is 11.3. The van der Waals surface area contributed by atoms with Crippen LogP contribution in [-0.4, -0.2) is 39.8 Å². The summed E-state index contributed by atoms with van der Waals surface area (Å²) in [6.45, 7) is 4.69. The third-order valence-corrected chi connectivity index (χ3v) is 2.17. The summed E-state index contributed by atoms with van der Waals surface area (Å²) in [5, 5.41) is 27.7. The molecular weight excluding hydrogens is 212 g/mol. The van der Waals surface area contributed by atoms with Crippen molar-refractivity contribution < 1.29 is 24.9 Å². The number of rotatable bonds is 6. The molecule has 0 rings (SSSR count). The van der Waals surface area contributed by atoms with Crippen molar-refractivity contribution in [2.45, 2.75) is 45.5 Å². The molecule has 16 heavy (non-hydrogen) atoms. The van der Waals surface area contributed by atoms with Gasteiger partial charge in [0.2, 0.25) is 0 Å². The molecule has 0 aromatic rings. The van der Waals surface area contributed by atoms with E-state index in [4.69, 9.17) is 4.74 Å². The molecular formula is C11H20O5. The van der Waals surface area contributed by atoms with Crippen molar-refractivity contribution >= 4 is 5.97 Å². The first-order valence-corrected chi connectivity index (χ1v) is 5.31. The Bertz CT molecular complexity index is 257. The molecule has 0 aromatic heterocycles. The molecule has 5 heteroatoms. The Hall–Kier alpha value is -0.910. The minimum atomic E-state index is -1.99. The minimum absolute atomic E-state index is 0.0786. The van der Waals surface area contributed by atoms with E-state index in [-0.39, 0.29) is 18.6 Å². The van der Waals surface area contributed by atoms with Crippen LogP contribution in [0.5, 0.6) is 0 Å². The molecule has 94 valence electrons. The zero-order valence-electron chi connectivity index (χ0n) is 9.93. The molecule has 5 nitrogen and oxygen atoms in total. The lowest BCUT2D eigenvalue weighted by atomic mass is 10.1. The zero-order valence-corrected chi connectivity index (χ0v) is 9.93. The number of ether oxygens (including phenoxy) is 1. The third kappa shape index (κ3) is 5.85. The maximum absolute atomic E-state index is 11.3. The van der Waals surface area contributed by atoms with E-state index in [0.29, 0.717) is 6.42 Å². The summed E-state index contributed by atoms with van der Waals surface area (Å²) in [5.74, 6) is -2.65. The number of esters is 1. The van der Waals surface area contributed by atoms with Crippen molar-refractivity contribution in [2.24, 2.45) is 0 Å². The van der Waals surface area contributed by atoms with Crippen molar-refractivity contribution in [3.8, 4) is 0 Å². The smallest absolute Gasteiger partial charge is 0.333 e. The van der Waals surface area contributed by atoms with Crippen LogP contribution in [0, 0.1) is 0 Å². The SMILES string of the molecule is CCC(O)COC(=O)/C(C)=C/C(O)(O)CC. The van der Waals surface area contributed by atoms with E-state index in [1.807, 2.05) is 0 Å². The van der Waals surface area contributed by atoms with Crippen LogP contribution in [0.3, 0.4) is 0 Å². The van der Waals surface area contributed by atoms with Crippen LogP contribution < -0.4 is 0 Å². The summed E-state index contributed by atoms with van der Waals surface area (Å²) in [6.07, 6.45) is 0.925. The molecule has 0 aromatic carbocycles. The molecule has 3 N–H and O–H groups in total. The number of aliphatic hydroxyl groups excluding tert-OH is 1. The number of aliphatic hydroxyl groups is 3. The summed E-state index contributed by atoms with van der Waals surface area (Å²) in [5.41, 5.74) is 0.107. The third-order valence-electron chi connectivity index (χ3n) is 2.17. The van der Waals surface area contributed by atoms with Crippen LogP contribution in [0.2, 0.25) is 0 Å². The normalized spacial score (nSPS) is 14.8. The summed E-state index contributed by atoms with van der Waals surface area (Å²) >= 11 is 0. The summed E-state index contributed by atoms with van der Waals surface area (Å²) in [7, 11) is 0. The first-order valence-electron chi connectivity index (χ1n) is 5.31. The van der Waals surface area contributed by atoms with Gasteiger partial charge in [0.05, 0.1) is 6.10 Å². The number of carbonyl (C=O) groups excluding carboxylic acids is 1. The molecule has 0 aliphatic carbocycles. The largest absolute Gasteiger partial charge is 0.460 e. The zero-order chi connectivity index (χ0) is 12.8. The molecule has 0 aliphatic heterocycles. The Morgan fingerprint density at radius 3 is 2.44 bits per heavy atom. The van der Waals surface area contributed by atoms with Crippen molar-refractivity contribution in [2.75, 3.05) is 6.61 Å². The highest BCUT2D eigenvalue weighted by atomic mass is 16.5. The predicted octanol–water partition coefficient (Wildman–Crippen LogP) is 0.338. The molecule has 0 aliphatic rings. The molecule has 1 atom stereocenters. The van der Waals surface area contributed by atoms with Crippen LogP contribution >= 0.6 is 0 Å². The van der Waals surface area contributed by atoms with Crippen LogP contribution in [-0.2, 0) is 9.53 Å². The van der Waals surface area contributed by atoms with Crippen molar-refractivity contribution in [1.82, 2.24) is 0 Å². The quantitative estimate of drug-likeness (QED) is 0.349. The fourth-order valence-electron chi connectivity index (χ4n) is 0.911. The second-order valence-electron chi connectivity index (χ2n) is 3.72. The molecule has 0 bridgehead atoms. The summed E-state index contributed by atoms with van der Waals surface area (Å²) in [4.78, 5) is 11.3. The lowest BCUT2D eigenvalue weighted by molar-refractivity contribution is -0.143. The fraction of sp³-hybridized carbons (Fsp3) is 0.727. The van der Waals surface area contributed by atoms with Gasteiger partial charge in [-0.2, -0.15) is 0 Å². The highest BCUT2D eigenvalue weighted by Crippen LogP contribution is 2.11. The number of hydrogen-bond donors (Lipinski definition) is 3. The van der Waals surface area contributed by atoms with Crippen molar-refractivity contribution in [3.63, 3.8) is 0 Å². The van der Waals surface area contributed by atoms with Gasteiger partial charge in [-0.25, -0.2) is 4.79 Å². The molecule has 1 unspecified atom stereocenters. The van der Waals surface area contributed by atoms with Gasteiger partial charge in [0.15, 0.2) is 5.79 Å². The molecule has 0 amide bonds. The topological polar surface area (TPSA) is 87.0 Å². The van der Waals surface area contributed by atoms with Gasteiger partial charge in [-0.05, 0) is 19.4 Å². The van der Waals surface area contributed by atoms with Gasteiger partial charge in [0.1, 0.15) is 6.61 Å². The van der Waals surface area contributed by atoms with E-state index in [9.17, 15) is 20.1 Å². The van der Waals surface area contributed by atoms with Gasteiger partial charge >= 0.3 is 5.97 Å². The van der Waals surface area contributed by atoms with Crippen LogP contribution in [0.1, 0.15) is 33.6 Å². The fourth-order valence-corrected chi connectivity index (χ4v) is 0.911. The minimum Gasteiger partial charge on any atom is -0.460 e. The lowest BCUT2D eigenvalue weighted by Gasteiger charge is -2.16. The highest BCUT2D eigenvalue weighted by molar-refractivity contribution is 5.87. The van der Waals surface area contributed by atoms with E-state index in [1.165, 1.54) is 6.92 Å². The predicted molar refractivity (Wildman–Crippen MR) is 58.5 cm³/mol.